The van der Waals surface area contributed by atoms with Crippen LogP contribution < -0.4 is 0 Å². The molecule has 2 fully saturated rings. The molecule has 0 saturated carbocycles. The zero-order valence-electron chi connectivity index (χ0n) is 14.6. The molecule has 0 amide bonds. The van der Waals surface area contributed by atoms with E-state index < -0.39 is 0 Å². The van der Waals surface area contributed by atoms with E-state index >= 15 is 0 Å². The van der Waals surface area contributed by atoms with Crippen LogP contribution in [0.4, 0.5) is 0 Å². The van der Waals surface area contributed by atoms with Crippen molar-refractivity contribution in [2.45, 2.75) is 71.5 Å². The summed E-state index contributed by atoms with van der Waals surface area (Å²) < 4.78 is 5.49. The van der Waals surface area contributed by atoms with E-state index in [0.29, 0.717) is 5.54 Å². The Morgan fingerprint density at radius 3 is 2.05 bits per heavy atom. The minimum absolute atomic E-state index is 0.281. The fraction of sp³-hybridized carbons (Fsp3) is 1.00. The smallest absolute Gasteiger partial charge is 0.0594 e. The minimum Gasteiger partial charge on any atom is -0.379 e. The van der Waals surface area contributed by atoms with Crippen molar-refractivity contribution in [2.24, 2.45) is 5.92 Å². The van der Waals surface area contributed by atoms with Gasteiger partial charge in [0, 0.05) is 36.3 Å². The van der Waals surface area contributed by atoms with Gasteiger partial charge in [-0.15, -0.1) is 0 Å². The van der Waals surface area contributed by atoms with Gasteiger partial charge in [-0.1, -0.05) is 0 Å². The quantitative estimate of drug-likeness (QED) is 0.791. The summed E-state index contributed by atoms with van der Waals surface area (Å²) in [5.41, 5.74) is 0.889. The van der Waals surface area contributed by atoms with Crippen molar-refractivity contribution in [3.8, 4) is 0 Å². The van der Waals surface area contributed by atoms with Crippen molar-refractivity contribution in [1.29, 1.82) is 0 Å². The highest BCUT2D eigenvalue weighted by molar-refractivity contribution is 5.07. The SMILES string of the molecule is CC(C)(C)N1CC(CC(C)(C)N2CCOCC2)C1(C)C. The molecule has 0 spiro atoms. The predicted octanol–water partition coefficient (Wildman–Crippen LogP) is 3.00. The Bertz CT molecular complexity index is 337. The summed E-state index contributed by atoms with van der Waals surface area (Å²) in [6.45, 7) is 21.9. The Morgan fingerprint density at radius 2 is 1.60 bits per heavy atom. The van der Waals surface area contributed by atoms with Crippen LogP contribution in [0.1, 0.15) is 54.9 Å². The first-order chi connectivity index (χ1) is 9.05. The van der Waals surface area contributed by atoms with E-state index in [9.17, 15) is 0 Å². The van der Waals surface area contributed by atoms with Gasteiger partial charge >= 0.3 is 0 Å². The molecule has 0 bridgehead atoms. The van der Waals surface area contributed by atoms with Crippen LogP contribution in [0.3, 0.4) is 0 Å². The maximum atomic E-state index is 5.49. The standard InChI is InChI=1S/C17H34N2O/c1-15(2,3)19-13-14(17(19,6)7)12-16(4,5)18-8-10-20-11-9-18/h14H,8-13H2,1-7H3. The number of morpholine rings is 1. The molecule has 2 aliphatic rings. The molecule has 0 aromatic carbocycles. The number of likely N-dealkylation sites (tertiary alicyclic amines) is 1. The molecular weight excluding hydrogens is 248 g/mol. The first-order valence-corrected chi connectivity index (χ1v) is 8.16. The summed E-state index contributed by atoms with van der Waals surface area (Å²) in [5, 5.41) is 0. The molecule has 0 radical (unpaired) electrons. The zero-order valence-corrected chi connectivity index (χ0v) is 14.6. The lowest BCUT2D eigenvalue weighted by molar-refractivity contribution is -0.133. The zero-order chi connectivity index (χ0) is 15.2. The predicted molar refractivity (Wildman–Crippen MR) is 85.1 cm³/mol. The van der Waals surface area contributed by atoms with Crippen LogP contribution in [0.25, 0.3) is 0 Å². The molecule has 2 heterocycles. The van der Waals surface area contributed by atoms with Crippen LogP contribution >= 0.6 is 0 Å². The minimum atomic E-state index is 0.281. The van der Waals surface area contributed by atoms with Crippen molar-refractivity contribution in [1.82, 2.24) is 9.80 Å². The highest BCUT2D eigenvalue weighted by Crippen LogP contribution is 2.45. The number of rotatable bonds is 3. The normalized spacial score (nSPS) is 29.2. The second-order valence-corrected chi connectivity index (χ2v) is 8.75. The first kappa shape index (κ1) is 16.3. The van der Waals surface area contributed by atoms with E-state index in [1.54, 1.807) is 0 Å². The Morgan fingerprint density at radius 1 is 1.05 bits per heavy atom. The summed E-state index contributed by atoms with van der Waals surface area (Å²) in [6.07, 6.45) is 1.28. The molecule has 0 aliphatic carbocycles. The van der Waals surface area contributed by atoms with Gasteiger partial charge in [0.15, 0.2) is 0 Å². The lowest BCUT2D eigenvalue weighted by Crippen LogP contribution is -2.71. The van der Waals surface area contributed by atoms with Crippen LogP contribution in [0.5, 0.6) is 0 Å². The van der Waals surface area contributed by atoms with Crippen molar-refractivity contribution in [2.75, 3.05) is 32.8 Å². The van der Waals surface area contributed by atoms with Gasteiger partial charge in [0.2, 0.25) is 0 Å². The van der Waals surface area contributed by atoms with Gasteiger partial charge in [0.25, 0.3) is 0 Å². The van der Waals surface area contributed by atoms with Gasteiger partial charge in [0.05, 0.1) is 13.2 Å². The summed E-state index contributed by atoms with van der Waals surface area (Å²) in [5.74, 6) is 0.791. The molecule has 0 N–H and O–H groups in total. The van der Waals surface area contributed by atoms with Crippen LogP contribution in [0.15, 0.2) is 0 Å². The van der Waals surface area contributed by atoms with Crippen LogP contribution in [-0.2, 0) is 4.74 Å². The molecule has 2 rings (SSSR count). The molecule has 0 aromatic heterocycles. The number of hydrogen-bond donors (Lipinski definition) is 0. The molecule has 3 heteroatoms. The van der Waals surface area contributed by atoms with Gasteiger partial charge in [-0.2, -0.15) is 0 Å². The second-order valence-electron chi connectivity index (χ2n) is 8.75. The van der Waals surface area contributed by atoms with Gasteiger partial charge in [-0.25, -0.2) is 0 Å². The van der Waals surface area contributed by atoms with Crippen LogP contribution in [0, 0.1) is 5.92 Å². The highest BCUT2D eigenvalue weighted by Gasteiger charge is 2.52. The van der Waals surface area contributed by atoms with Gasteiger partial charge in [0.1, 0.15) is 0 Å². The molecule has 118 valence electrons. The van der Waals surface area contributed by atoms with Gasteiger partial charge < -0.3 is 4.74 Å². The van der Waals surface area contributed by atoms with Crippen LogP contribution in [-0.4, -0.2) is 59.3 Å². The Labute approximate surface area is 125 Å². The fourth-order valence-corrected chi connectivity index (χ4v) is 4.14. The lowest BCUT2D eigenvalue weighted by atomic mass is 9.68. The summed E-state index contributed by atoms with van der Waals surface area (Å²) in [7, 11) is 0. The van der Waals surface area contributed by atoms with E-state index in [1.807, 2.05) is 0 Å². The van der Waals surface area contributed by atoms with Crippen molar-refractivity contribution in [3.05, 3.63) is 0 Å². The monoisotopic (exact) mass is 282 g/mol. The highest BCUT2D eigenvalue weighted by atomic mass is 16.5. The van der Waals surface area contributed by atoms with Crippen molar-refractivity contribution in [3.63, 3.8) is 0 Å². The fourth-order valence-electron chi connectivity index (χ4n) is 4.14. The molecule has 20 heavy (non-hydrogen) atoms. The lowest BCUT2D eigenvalue weighted by Gasteiger charge is -2.63. The number of ether oxygens (including phenoxy) is 1. The Kier molecular flexibility index (Phi) is 4.27. The average molecular weight is 282 g/mol. The van der Waals surface area contributed by atoms with E-state index in [1.165, 1.54) is 13.0 Å². The number of nitrogens with zero attached hydrogens (tertiary/aromatic N) is 2. The van der Waals surface area contributed by atoms with E-state index in [2.05, 4.69) is 58.3 Å². The third-order valence-corrected chi connectivity index (χ3v) is 5.52. The third-order valence-electron chi connectivity index (χ3n) is 5.52. The third kappa shape index (κ3) is 3.05. The molecule has 0 aromatic rings. The summed E-state index contributed by atoms with van der Waals surface area (Å²) in [4.78, 5) is 5.27. The Hall–Kier alpha value is -0.120. The number of hydrogen-bond acceptors (Lipinski definition) is 3. The summed E-state index contributed by atoms with van der Waals surface area (Å²) in [6, 6.07) is 0. The second kappa shape index (κ2) is 5.26. The van der Waals surface area contributed by atoms with Gasteiger partial charge in [-0.3, -0.25) is 9.80 Å². The maximum Gasteiger partial charge on any atom is 0.0594 e. The molecule has 3 nitrogen and oxygen atoms in total. The molecule has 1 atom stereocenters. The van der Waals surface area contributed by atoms with E-state index in [0.717, 1.165) is 32.2 Å². The average Bonchev–Trinajstić information content (AvgIpc) is 2.34. The topological polar surface area (TPSA) is 15.7 Å². The van der Waals surface area contributed by atoms with E-state index in [4.69, 9.17) is 4.74 Å². The van der Waals surface area contributed by atoms with Crippen molar-refractivity contribution < 1.29 is 4.74 Å². The molecule has 1 unspecified atom stereocenters. The van der Waals surface area contributed by atoms with Crippen LogP contribution in [0.2, 0.25) is 0 Å². The Balaban J connectivity index is 1.97. The molecular formula is C17H34N2O. The molecule has 2 saturated heterocycles. The molecule has 2 aliphatic heterocycles. The maximum absolute atomic E-state index is 5.49. The summed E-state index contributed by atoms with van der Waals surface area (Å²) >= 11 is 0. The van der Waals surface area contributed by atoms with Crippen molar-refractivity contribution >= 4 is 0 Å². The van der Waals surface area contributed by atoms with Gasteiger partial charge in [-0.05, 0) is 60.8 Å². The van der Waals surface area contributed by atoms with E-state index in [-0.39, 0.29) is 11.1 Å². The largest absolute Gasteiger partial charge is 0.379 e. The first-order valence-electron chi connectivity index (χ1n) is 8.16.